The lowest BCUT2D eigenvalue weighted by molar-refractivity contribution is -0.131. The van der Waals surface area contributed by atoms with Crippen LogP contribution in [0, 0.1) is 6.92 Å². The van der Waals surface area contributed by atoms with Crippen molar-refractivity contribution in [3.05, 3.63) is 35.4 Å². The number of carbonyl (C=O) groups is 1. The summed E-state index contributed by atoms with van der Waals surface area (Å²) in [6, 6.07) is 8.02. The minimum atomic E-state index is -0.380. The molecule has 2 heteroatoms. The number of aryl methyl sites for hydroxylation is 1. The van der Waals surface area contributed by atoms with E-state index < -0.39 is 0 Å². The van der Waals surface area contributed by atoms with Crippen molar-refractivity contribution in [3.63, 3.8) is 0 Å². The van der Waals surface area contributed by atoms with Gasteiger partial charge in [-0.25, -0.2) is 0 Å². The van der Waals surface area contributed by atoms with Crippen LogP contribution in [-0.4, -0.2) is 12.4 Å². The van der Waals surface area contributed by atoms with E-state index in [1.165, 1.54) is 0 Å². The van der Waals surface area contributed by atoms with Gasteiger partial charge in [0.15, 0.2) is 5.78 Å². The van der Waals surface area contributed by atoms with E-state index in [-0.39, 0.29) is 11.9 Å². The Labute approximate surface area is 104 Å². The highest BCUT2D eigenvalue weighted by Crippen LogP contribution is 2.21. The first-order chi connectivity index (χ1) is 8.19. The third-order valence-corrected chi connectivity index (χ3v) is 2.62. The maximum absolute atomic E-state index is 12.0. The van der Waals surface area contributed by atoms with Gasteiger partial charge in [0.05, 0.1) is 0 Å². The molecule has 0 saturated heterocycles. The Hall–Kier alpha value is -1.15. The zero-order valence-electron chi connectivity index (χ0n) is 11.0. The Morgan fingerprint density at radius 2 is 2.06 bits per heavy atom. The number of carbonyl (C=O) groups excluding carboxylic acids is 1. The molecule has 0 aromatic heterocycles. The molecule has 0 fully saturated rings. The molecule has 17 heavy (non-hydrogen) atoms. The summed E-state index contributed by atoms with van der Waals surface area (Å²) < 4.78 is 5.70. The Kier molecular flexibility index (Phi) is 5.92. The van der Waals surface area contributed by atoms with Gasteiger partial charge in [-0.1, -0.05) is 43.7 Å². The van der Waals surface area contributed by atoms with E-state index in [9.17, 15) is 4.79 Å². The smallest absolute Gasteiger partial charge is 0.166 e. The van der Waals surface area contributed by atoms with Gasteiger partial charge >= 0.3 is 0 Å². The number of benzene rings is 1. The Morgan fingerprint density at radius 1 is 1.29 bits per heavy atom. The molecule has 0 aliphatic carbocycles. The molecule has 0 aliphatic heterocycles. The minimum absolute atomic E-state index is 0.187. The molecule has 2 nitrogen and oxygen atoms in total. The van der Waals surface area contributed by atoms with Crippen LogP contribution < -0.4 is 0 Å². The fourth-order valence-electron chi connectivity index (χ4n) is 1.82. The third-order valence-electron chi connectivity index (χ3n) is 2.62. The molecule has 0 amide bonds. The largest absolute Gasteiger partial charge is 0.366 e. The fraction of sp³-hybridized carbons (Fsp3) is 0.533. The first-order valence-electron chi connectivity index (χ1n) is 6.39. The van der Waals surface area contributed by atoms with E-state index in [4.69, 9.17) is 4.74 Å². The van der Waals surface area contributed by atoms with Gasteiger partial charge in [-0.2, -0.15) is 0 Å². The highest BCUT2D eigenvalue weighted by molar-refractivity contribution is 5.84. The van der Waals surface area contributed by atoms with Crippen LogP contribution in [0.3, 0.4) is 0 Å². The molecule has 0 heterocycles. The van der Waals surface area contributed by atoms with Gasteiger partial charge in [0.1, 0.15) is 6.10 Å². The van der Waals surface area contributed by atoms with Crippen molar-refractivity contribution in [3.8, 4) is 0 Å². The van der Waals surface area contributed by atoms with Crippen LogP contribution in [0.5, 0.6) is 0 Å². The summed E-state index contributed by atoms with van der Waals surface area (Å²) in [7, 11) is 0. The normalized spacial score (nSPS) is 12.4. The number of ketones is 1. The molecule has 0 spiro atoms. The lowest BCUT2D eigenvalue weighted by Crippen LogP contribution is -2.16. The van der Waals surface area contributed by atoms with Gasteiger partial charge in [-0.15, -0.1) is 0 Å². The van der Waals surface area contributed by atoms with E-state index in [0.29, 0.717) is 13.0 Å². The molecule has 1 aromatic carbocycles. The van der Waals surface area contributed by atoms with Crippen LogP contribution in [0.1, 0.15) is 50.3 Å². The van der Waals surface area contributed by atoms with Gasteiger partial charge in [0, 0.05) is 13.0 Å². The number of Topliss-reactive ketones (excluding diaryl/α,β-unsaturated/α-hetero) is 1. The molecule has 1 aromatic rings. The minimum Gasteiger partial charge on any atom is -0.366 e. The lowest BCUT2D eigenvalue weighted by atomic mass is 10.0. The number of hydrogen-bond donors (Lipinski definition) is 0. The van der Waals surface area contributed by atoms with E-state index >= 15 is 0 Å². The zero-order valence-corrected chi connectivity index (χ0v) is 11.0. The van der Waals surface area contributed by atoms with E-state index in [2.05, 4.69) is 6.92 Å². The van der Waals surface area contributed by atoms with Crippen molar-refractivity contribution >= 4 is 5.78 Å². The van der Waals surface area contributed by atoms with Crippen LogP contribution in [0.25, 0.3) is 0 Å². The lowest BCUT2D eigenvalue weighted by Gasteiger charge is -2.17. The van der Waals surface area contributed by atoms with Crippen LogP contribution in [0.15, 0.2) is 24.3 Å². The molecule has 94 valence electrons. The predicted molar refractivity (Wildman–Crippen MR) is 70.1 cm³/mol. The third kappa shape index (κ3) is 4.31. The Bertz CT molecular complexity index is 358. The van der Waals surface area contributed by atoms with Crippen molar-refractivity contribution in [2.75, 3.05) is 6.61 Å². The van der Waals surface area contributed by atoms with Crippen molar-refractivity contribution in [2.24, 2.45) is 0 Å². The molecule has 0 bridgehead atoms. The Balaban J connectivity index is 2.85. The van der Waals surface area contributed by atoms with Gasteiger partial charge < -0.3 is 4.74 Å². The maximum Gasteiger partial charge on any atom is 0.166 e. The summed E-state index contributed by atoms with van der Waals surface area (Å²) in [5, 5.41) is 0. The molecule has 1 rings (SSSR count). The quantitative estimate of drug-likeness (QED) is 0.716. The molecule has 0 saturated carbocycles. The maximum atomic E-state index is 12.0. The number of hydrogen-bond acceptors (Lipinski definition) is 2. The molecule has 1 unspecified atom stereocenters. The monoisotopic (exact) mass is 234 g/mol. The summed E-state index contributed by atoms with van der Waals surface area (Å²) in [5.41, 5.74) is 2.15. The molecule has 1 atom stereocenters. The molecule has 0 aliphatic rings. The second-order valence-electron chi connectivity index (χ2n) is 4.38. The first kappa shape index (κ1) is 13.9. The summed E-state index contributed by atoms with van der Waals surface area (Å²) >= 11 is 0. The van der Waals surface area contributed by atoms with E-state index in [1.54, 1.807) is 0 Å². The summed E-state index contributed by atoms with van der Waals surface area (Å²) in [6.07, 6.45) is 2.01. The molecule has 0 radical (unpaired) electrons. The SMILES string of the molecule is CCCOC(C(=O)CCC)c1cccc(C)c1. The van der Waals surface area contributed by atoms with Crippen LogP contribution in [0.2, 0.25) is 0 Å². The van der Waals surface area contributed by atoms with Gasteiger partial charge in [0.2, 0.25) is 0 Å². The summed E-state index contributed by atoms with van der Waals surface area (Å²) in [4.78, 5) is 12.0. The first-order valence-corrected chi connectivity index (χ1v) is 6.39. The number of ether oxygens (including phenoxy) is 1. The van der Waals surface area contributed by atoms with E-state index in [0.717, 1.165) is 24.0 Å². The zero-order chi connectivity index (χ0) is 12.7. The molecular formula is C15H22O2. The second kappa shape index (κ2) is 7.23. The average molecular weight is 234 g/mol. The van der Waals surface area contributed by atoms with Crippen LogP contribution in [0.4, 0.5) is 0 Å². The van der Waals surface area contributed by atoms with Gasteiger partial charge in [0.25, 0.3) is 0 Å². The molecular weight excluding hydrogens is 212 g/mol. The van der Waals surface area contributed by atoms with Crippen LogP contribution >= 0.6 is 0 Å². The van der Waals surface area contributed by atoms with Crippen molar-refractivity contribution in [2.45, 2.75) is 46.1 Å². The predicted octanol–water partition coefficient (Wildman–Crippen LogP) is 3.83. The van der Waals surface area contributed by atoms with Crippen molar-refractivity contribution in [1.29, 1.82) is 0 Å². The van der Waals surface area contributed by atoms with Crippen molar-refractivity contribution in [1.82, 2.24) is 0 Å². The molecule has 0 N–H and O–H groups in total. The fourth-order valence-corrected chi connectivity index (χ4v) is 1.82. The highest BCUT2D eigenvalue weighted by Gasteiger charge is 2.19. The average Bonchev–Trinajstić information content (AvgIpc) is 2.30. The summed E-state index contributed by atoms with van der Waals surface area (Å²) in [5.74, 6) is 0.187. The van der Waals surface area contributed by atoms with Crippen LogP contribution in [-0.2, 0) is 9.53 Å². The second-order valence-corrected chi connectivity index (χ2v) is 4.38. The van der Waals surface area contributed by atoms with Gasteiger partial charge in [-0.05, 0) is 25.3 Å². The topological polar surface area (TPSA) is 26.3 Å². The highest BCUT2D eigenvalue weighted by atomic mass is 16.5. The standard InChI is InChI=1S/C15H22O2/c1-4-7-14(16)15(17-10-5-2)13-9-6-8-12(3)11-13/h6,8-9,11,15H,4-5,7,10H2,1-3H3. The summed E-state index contributed by atoms with van der Waals surface area (Å²) in [6.45, 7) is 6.74. The number of rotatable bonds is 7. The van der Waals surface area contributed by atoms with Crippen molar-refractivity contribution < 1.29 is 9.53 Å². The van der Waals surface area contributed by atoms with Gasteiger partial charge in [-0.3, -0.25) is 4.79 Å². The Morgan fingerprint density at radius 3 is 2.65 bits per heavy atom. The van der Waals surface area contributed by atoms with E-state index in [1.807, 2.05) is 38.1 Å².